The third-order valence-corrected chi connectivity index (χ3v) is 5.65. The fourth-order valence-corrected chi connectivity index (χ4v) is 3.69. The number of amides is 1. The van der Waals surface area contributed by atoms with Gasteiger partial charge in [0.15, 0.2) is 0 Å². The molecule has 3 N–H and O–H groups in total. The average Bonchev–Trinajstić information content (AvgIpc) is 2.95. The van der Waals surface area contributed by atoms with Gasteiger partial charge in [-0.25, -0.2) is 13.1 Å². The van der Waals surface area contributed by atoms with Gasteiger partial charge in [-0.3, -0.25) is 9.59 Å². The summed E-state index contributed by atoms with van der Waals surface area (Å²) in [6.07, 6.45) is 1.44. The van der Waals surface area contributed by atoms with E-state index in [9.17, 15) is 18.0 Å². The van der Waals surface area contributed by atoms with Crippen LogP contribution >= 0.6 is 11.3 Å². The van der Waals surface area contributed by atoms with Gasteiger partial charge in [-0.2, -0.15) is 0 Å². The molecule has 21 heavy (non-hydrogen) atoms. The number of H-pyrrole nitrogens is 1. The Morgan fingerprint density at radius 1 is 1.33 bits per heavy atom. The van der Waals surface area contributed by atoms with Crippen molar-refractivity contribution < 1.29 is 13.2 Å². The van der Waals surface area contributed by atoms with Gasteiger partial charge in [-0.1, -0.05) is 0 Å². The van der Waals surface area contributed by atoms with Crippen LogP contribution in [0.4, 0.5) is 0 Å². The standard InChI is InChI=1S/C12H13N3O4S2/c1-13-21(18,19)10-5-4-8(20-10)7-15-12(17)9-3-2-6-14-11(9)16/h2-6,13H,7H2,1H3,(H,14,16)(H,15,17). The van der Waals surface area contributed by atoms with E-state index in [1.54, 1.807) is 12.1 Å². The second kappa shape index (κ2) is 6.20. The highest BCUT2D eigenvalue weighted by Gasteiger charge is 2.15. The number of hydrogen-bond acceptors (Lipinski definition) is 5. The van der Waals surface area contributed by atoms with Gasteiger partial charge in [0, 0.05) is 11.1 Å². The maximum atomic E-state index is 11.8. The smallest absolute Gasteiger partial charge is 0.260 e. The number of carbonyl (C=O) groups excluding carboxylic acids is 1. The summed E-state index contributed by atoms with van der Waals surface area (Å²) in [7, 11) is -2.14. The Labute approximate surface area is 125 Å². The molecule has 0 fully saturated rings. The fourth-order valence-electron chi connectivity index (χ4n) is 1.56. The summed E-state index contributed by atoms with van der Waals surface area (Å²) in [6, 6.07) is 6.05. The van der Waals surface area contributed by atoms with E-state index in [4.69, 9.17) is 0 Å². The van der Waals surface area contributed by atoms with Crippen molar-refractivity contribution >= 4 is 27.3 Å². The molecule has 112 valence electrons. The van der Waals surface area contributed by atoms with Crippen LogP contribution in [0.3, 0.4) is 0 Å². The van der Waals surface area contributed by atoms with E-state index in [1.165, 1.54) is 25.4 Å². The summed E-state index contributed by atoms with van der Waals surface area (Å²) in [5, 5.41) is 2.58. The molecule has 0 aliphatic heterocycles. The Kier molecular flexibility index (Phi) is 4.56. The maximum Gasteiger partial charge on any atom is 0.260 e. The molecule has 0 radical (unpaired) electrons. The molecule has 9 heteroatoms. The van der Waals surface area contributed by atoms with E-state index >= 15 is 0 Å². The number of nitrogens with one attached hydrogen (secondary N) is 3. The highest BCUT2D eigenvalue weighted by molar-refractivity contribution is 7.91. The van der Waals surface area contributed by atoms with Crippen molar-refractivity contribution in [2.45, 2.75) is 10.8 Å². The maximum absolute atomic E-state index is 11.8. The van der Waals surface area contributed by atoms with Crippen LogP contribution in [0.25, 0.3) is 0 Å². The van der Waals surface area contributed by atoms with Crippen LogP contribution in [0.2, 0.25) is 0 Å². The lowest BCUT2D eigenvalue weighted by Gasteiger charge is -2.02. The zero-order chi connectivity index (χ0) is 15.5. The highest BCUT2D eigenvalue weighted by atomic mass is 32.2. The predicted molar refractivity (Wildman–Crippen MR) is 78.8 cm³/mol. The molecule has 0 saturated heterocycles. The van der Waals surface area contributed by atoms with E-state index in [-0.39, 0.29) is 16.3 Å². The number of hydrogen-bond donors (Lipinski definition) is 3. The minimum Gasteiger partial charge on any atom is -0.347 e. The fraction of sp³-hybridized carbons (Fsp3) is 0.167. The van der Waals surface area contributed by atoms with Crippen LogP contribution in [0.1, 0.15) is 15.2 Å². The van der Waals surface area contributed by atoms with E-state index < -0.39 is 21.5 Å². The summed E-state index contributed by atoms with van der Waals surface area (Å²) in [6.45, 7) is 0.150. The number of rotatable bonds is 5. The van der Waals surface area contributed by atoms with Crippen molar-refractivity contribution in [1.82, 2.24) is 15.0 Å². The minimum absolute atomic E-state index is 0.0112. The molecule has 2 rings (SSSR count). The summed E-state index contributed by atoms with van der Waals surface area (Å²) in [4.78, 5) is 26.4. The molecule has 0 saturated carbocycles. The summed E-state index contributed by atoms with van der Waals surface area (Å²) >= 11 is 1.05. The van der Waals surface area contributed by atoms with Gasteiger partial charge in [0.1, 0.15) is 9.77 Å². The molecule has 0 spiro atoms. The van der Waals surface area contributed by atoms with Crippen LogP contribution in [0, 0.1) is 0 Å². The summed E-state index contributed by atoms with van der Waals surface area (Å²) < 4.78 is 25.6. The van der Waals surface area contributed by atoms with Crippen molar-refractivity contribution in [3.63, 3.8) is 0 Å². The van der Waals surface area contributed by atoms with Crippen LogP contribution in [0.15, 0.2) is 39.5 Å². The molecule has 0 bridgehead atoms. The number of thiophene rings is 1. The Balaban J connectivity index is 2.06. The second-order valence-electron chi connectivity index (χ2n) is 4.02. The summed E-state index contributed by atoms with van der Waals surface area (Å²) in [5.41, 5.74) is -0.461. The lowest BCUT2D eigenvalue weighted by atomic mass is 10.2. The van der Waals surface area contributed by atoms with Crippen molar-refractivity contribution in [1.29, 1.82) is 0 Å². The lowest BCUT2D eigenvalue weighted by Crippen LogP contribution is -2.28. The molecule has 0 aromatic carbocycles. The molecule has 2 aromatic rings. The highest BCUT2D eigenvalue weighted by Crippen LogP contribution is 2.20. The van der Waals surface area contributed by atoms with E-state index in [2.05, 4.69) is 15.0 Å². The third kappa shape index (κ3) is 3.57. The molecule has 0 unspecified atom stereocenters. The van der Waals surface area contributed by atoms with Crippen molar-refractivity contribution in [3.05, 3.63) is 51.3 Å². The Morgan fingerprint density at radius 3 is 2.76 bits per heavy atom. The topological polar surface area (TPSA) is 108 Å². The van der Waals surface area contributed by atoms with E-state index in [1.807, 2.05) is 0 Å². The molecular formula is C12H13N3O4S2. The first-order valence-electron chi connectivity index (χ1n) is 5.92. The Morgan fingerprint density at radius 2 is 2.10 bits per heavy atom. The van der Waals surface area contributed by atoms with Gasteiger partial charge < -0.3 is 10.3 Å². The number of pyridine rings is 1. The van der Waals surface area contributed by atoms with Crippen molar-refractivity contribution in [2.75, 3.05) is 7.05 Å². The third-order valence-electron chi connectivity index (χ3n) is 2.66. The molecule has 1 amide bonds. The molecule has 0 atom stereocenters. The first-order valence-corrected chi connectivity index (χ1v) is 8.22. The molecule has 0 aliphatic carbocycles. The van der Waals surface area contributed by atoms with Crippen molar-refractivity contribution in [2.24, 2.45) is 0 Å². The van der Waals surface area contributed by atoms with Crippen LogP contribution in [-0.2, 0) is 16.6 Å². The average molecular weight is 327 g/mol. The zero-order valence-electron chi connectivity index (χ0n) is 11.0. The van der Waals surface area contributed by atoms with Gasteiger partial charge in [0.2, 0.25) is 10.0 Å². The van der Waals surface area contributed by atoms with Gasteiger partial charge in [0.25, 0.3) is 11.5 Å². The molecule has 2 aromatic heterocycles. The number of aromatic amines is 1. The second-order valence-corrected chi connectivity index (χ2v) is 7.31. The number of sulfonamides is 1. The summed E-state index contributed by atoms with van der Waals surface area (Å²) in [5.74, 6) is -0.511. The molecule has 7 nitrogen and oxygen atoms in total. The first kappa shape index (κ1) is 15.4. The van der Waals surface area contributed by atoms with Gasteiger partial charge in [-0.15, -0.1) is 11.3 Å². The van der Waals surface area contributed by atoms with Gasteiger partial charge >= 0.3 is 0 Å². The Hall–Kier alpha value is -1.97. The van der Waals surface area contributed by atoms with Crippen LogP contribution in [-0.4, -0.2) is 26.4 Å². The van der Waals surface area contributed by atoms with Crippen molar-refractivity contribution in [3.8, 4) is 0 Å². The van der Waals surface area contributed by atoms with E-state index in [0.29, 0.717) is 4.88 Å². The quantitative estimate of drug-likeness (QED) is 0.732. The van der Waals surface area contributed by atoms with Crippen LogP contribution in [0.5, 0.6) is 0 Å². The largest absolute Gasteiger partial charge is 0.347 e. The zero-order valence-corrected chi connectivity index (χ0v) is 12.7. The number of aromatic nitrogens is 1. The van der Waals surface area contributed by atoms with Gasteiger partial charge in [-0.05, 0) is 31.3 Å². The lowest BCUT2D eigenvalue weighted by molar-refractivity contribution is 0.0950. The van der Waals surface area contributed by atoms with Gasteiger partial charge in [0.05, 0.1) is 6.54 Å². The van der Waals surface area contributed by atoms with Crippen LogP contribution < -0.4 is 15.6 Å². The first-order chi connectivity index (χ1) is 9.94. The SMILES string of the molecule is CNS(=O)(=O)c1ccc(CNC(=O)c2ccc[nH]c2=O)s1. The minimum atomic E-state index is -3.47. The van der Waals surface area contributed by atoms with E-state index in [0.717, 1.165) is 11.3 Å². The number of carbonyl (C=O) groups is 1. The Bertz CT molecular complexity index is 808. The predicted octanol–water partition coefficient (Wildman–Crippen LogP) is 0.274. The molecular weight excluding hydrogens is 314 g/mol. The molecule has 2 heterocycles. The monoisotopic (exact) mass is 327 g/mol. The normalized spacial score (nSPS) is 11.3. The molecule has 0 aliphatic rings.